The van der Waals surface area contributed by atoms with Crippen LogP contribution < -0.4 is 10.6 Å². The number of benzene rings is 3. The summed E-state index contributed by atoms with van der Waals surface area (Å²) in [6, 6.07) is 28.7. The lowest BCUT2D eigenvalue weighted by Crippen LogP contribution is -2.44. The normalized spacial score (nSPS) is 17.3. The molecular formula is C30H29N3O2. The third-order valence-corrected chi connectivity index (χ3v) is 6.83. The Morgan fingerprint density at radius 1 is 0.914 bits per heavy atom. The van der Waals surface area contributed by atoms with Crippen LogP contribution in [0.1, 0.15) is 36.8 Å². The first-order chi connectivity index (χ1) is 17.1. The summed E-state index contributed by atoms with van der Waals surface area (Å²) in [5, 5.41) is 7.28. The van der Waals surface area contributed by atoms with Gasteiger partial charge in [0.2, 0.25) is 11.8 Å². The molecule has 2 heterocycles. The fourth-order valence-corrected chi connectivity index (χ4v) is 4.90. The van der Waals surface area contributed by atoms with Gasteiger partial charge in [0.15, 0.2) is 0 Å². The number of rotatable bonds is 8. The molecule has 0 spiro atoms. The van der Waals surface area contributed by atoms with Gasteiger partial charge >= 0.3 is 0 Å². The van der Waals surface area contributed by atoms with Crippen LogP contribution in [0.2, 0.25) is 0 Å². The van der Waals surface area contributed by atoms with Crippen molar-refractivity contribution >= 4 is 22.7 Å². The molecule has 2 amide bonds. The van der Waals surface area contributed by atoms with Crippen LogP contribution in [-0.2, 0) is 22.6 Å². The van der Waals surface area contributed by atoms with E-state index in [0.29, 0.717) is 25.8 Å². The summed E-state index contributed by atoms with van der Waals surface area (Å²) in [5.74, 6) is 0.0623. The predicted octanol–water partition coefficient (Wildman–Crippen LogP) is 5.19. The SMILES string of the molecule is O=C(CC[C@]1(Cc2ccc(-c3ccccc3)cc2)CCC(=O)N1)NCc1ccc2ncccc2c1. The number of nitrogens with one attached hydrogen (secondary N) is 2. The number of carbonyl (C=O) groups excluding carboxylic acids is 2. The van der Waals surface area contributed by atoms with Crippen molar-refractivity contribution in [3.05, 3.63) is 102 Å². The quantitative estimate of drug-likeness (QED) is 0.378. The molecule has 1 fully saturated rings. The van der Waals surface area contributed by atoms with Crippen LogP contribution in [0.25, 0.3) is 22.0 Å². The van der Waals surface area contributed by atoms with E-state index in [4.69, 9.17) is 0 Å². The highest BCUT2D eigenvalue weighted by Gasteiger charge is 2.37. The Morgan fingerprint density at radius 2 is 1.69 bits per heavy atom. The van der Waals surface area contributed by atoms with Crippen LogP contribution in [0, 0.1) is 0 Å². The molecule has 0 bridgehead atoms. The Bertz CT molecular complexity index is 1330. The summed E-state index contributed by atoms with van der Waals surface area (Å²) < 4.78 is 0. The molecule has 5 rings (SSSR count). The van der Waals surface area contributed by atoms with E-state index >= 15 is 0 Å². The summed E-state index contributed by atoms with van der Waals surface area (Å²) in [4.78, 5) is 29.1. The third kappa shape index (κ3) is 5.57. The Morgan fingerprint density at radius 3 is 2.46 bits per heavy atom. The molecule has 0 aliphatic carbocycles. The van der Waals surface area contributed by atoms with Gasteiger partial charge in [-0.25, -0.2) is 0 Å². The van der Waals surface area contributed by atoms with Crippen molar-refractivity contribution in [1.82, 2.24) is 15.6 Å². The zero-order valence-corrected chi connectivity index (χ0v) is 19.7. The molecule has 5 heteroatoms. The number of pyridine rings is 1. The molecular weight excluding hydrogens is 434 g/mol. The number of hydrogen-bond donors (Lipinski definition) is 2. The maximum Gasteiger partial charge on any atom is 0.220 e. The number of hydrogen-bond acceptors (Lipinski definition) is 3. The lowest BCUT2D eigenvalue weighted by molar-refractivity contribution is -0.122. The summed E-state index contributed by atoms with van der Waals surface area (Å²) >= 11 is 0. The van der Waals surface area contributed by atoms with Gasteiger partial charge in [0.1, 0.15) is 0 Å². The molecule has 0 saturated carbocycles. The zero-order valence-electron chi connectivity index (χ0n) is 19.7. The molecule has 176 valence electrons. The molecule has 0 unspecified atom stereocenters. The van der Waals surface area contributed by atoms with Gasteiger partial charge in [-0.05, 0) is 59.7 Å². The van der Waals surface area contributed by atoms with Crippen molar-refractivity contribution in [3.63, 3.8) is 0 Å². The molecule has 1 saturated heterocycles. The van der Waals surface area contributed by atoms with E-state index in [1.54, 1.807) is 6.20 Å². The smallest absolute Gasteiger partial charge is 0.220 e. The summed E-state index contributed by atoms with van der Waals surface area (Å²) in [5.41, 5.74) is 5.12. The fourth-order valence-electron chi connectivity index (χ4n) is 4.90. The summed E-state index contributed by atoms with van der Waals surface area (Å²) in [6.07, 6.45) is 4.74. The molecule has 2 N–H and O–H groups in total. The van der Waals surface area contributed by atoms with Crippen molar-refractivity contribution in [1.29, 1.82) is 0 Å². The number of fused-ring (bicyclic) bond motifs is 1. The van der Waals surface area contributed by atoms with E-state index in [-0.39, 0.29) is 17.4 Å². The van der Waals surface area contributed by atoms with E-state index in [2.05, 4.69) is 58.1 Å². The zero-order chi connectivity index (χ0) is 24.1. The maximum absolute atomic E-state index is 12.7. The average molecular weight is 464 g/mol. The molecule has 4 aromatic rings. The van der Waals surface area contributed by atoms with E-state index in [1.165, 1.54) is 11.1 Å². The van der Waals surface area contributed by atoms with Crippen LogP contribution in [-0.4, -0.2) is 22.3 Å². The number of nitrogens with zero attached hydrogens (tertiary/aromatic N) is 1. The minimum atomic E-state index is -0.378. The number of amides is 2. The van der Waals surface area contributed by atoms with Crippen LogP contribution in [0.15, 0.2) is 91.1 Å². The molecule has 1 aromatic heterocycles. The van der Waals surface area contributed by atoms with Gasteiger partial charge in [-0.3, -0.25) is 14.6 Å². The van der Waals surface area contributed by atoms with Gasteiger partial charge in [-0.15, -0.1) is 0 Å². The van der Waals surface area contributed by atoms with Gasteiger partial charge in [-0.2, -0.15) is 0 Å². The van der Waals surface area contributed by atoms with Crippen molar-refractivity contribution in [2.75, 3.05) is 0 Å². The Balaban J connectivity index is 1.20. The largest absolute Gasteiger partial charge is 0.352 e. The number of aromatic nitrogens is 1. The highest BCUT2D eigenvalue weighted by molar-refractivity contribution is 5.81. The van der Waals surface area contributed by atoms with E-state index in [0.717, 1.165) is 34.9 Å². The lowest BCUT2D eigenvalue weighted by atomic mass is 9.84. The molecule has 1 aliphatic heterocycles. The Kier molecular flexibility index (Phi) is 6.57. The van der Waals surface area contributed by atoms with Gasteiger partial charge < -0.3 is 10.6 Å². The van der Waals surface area contributed by atoms with Gasteiger partial charge in [0, 0.05) is 36.5 Å². The van der Waals surface area contributed by atoms with Gasteiger partial charge in [-0.1, -0.05) is 66.7 Å². The average Bonchev–Trinajstić information content (AvgIpc) is 3.27. The third-order valence-electron chi connectivity index (χ3n) is 6.83. The maximum atomic E-state index is 12.7. The first-order valence-electron chi connectivity index (χ1n) is 12.1. The highest BCUT2D eigenvalue weighted by atomic mass is 16.2. The lowest BCUT2D eigenvalue weighted by Gasteiger charge is -2.29. The van der Waals surface area contributed by atoms with E-state index in [9.17, 15) is 9.59 Å². The van der Waals surface area contributed by atoms with Crippen molar-refractivity contribution < 1.29 is 9.59 Å². The second-order valence-corrected chi connectivity index (χ2v) is 9.38. The van der Waals surface area contributed by atoms with E-state index in [1.807, 2.05) is 42.5 Å². The van der Waals surface area contributed by atoms with Gasteiger partial charge in [0.05, 0.1) is 5.52 Å². The van der Waals surface area contributed by atoms with Crippen LogP contribution in [0.3, 0.4) is 0 Å². The van der Waals surface area contributed by atoms with E-state index < -0.39 is 0 Å². The second-order valence-electron chi connectivity index (χ2n) is 9.38. The molecule has 0 radical (unpaired) electrons. The van der Waals surface area contributed by atoms with Crippen molar-refractivity contribution in [3.8, 4) is 11.1 Å². The molecule has 5 nitrogen and oxygen atoms in total. The first-order valence-corrected chi connectivity index (χ1v) is 12.1. The standard InChI is InChI=1S/C30H29N3O2/c34-28(32-21-23-10-13-27-26(19-23)7-4-18-31-27)14-16-30(17-15-29(35)33-30)20-22-8-11-25(12-9-22)24-5-2-1-3-6-24/h1-13,18-19H,14-17,20-21H2,(H,32,34)(H,33,35)/t30-/m1/s1. The van der Waals surface area contributed by atoms with Gasteiger partial charge in [0.25, 0.3) is 0 Å². The minimum absolute atomic E-state index is 0.00349. The summed E-state index contributed by atoms with van der Waals surface area (Å²) in [7, 11) is 0. The van der Waals surface area contributed by atoms with Crippen molar-refractivity contribution in [2.24, 2.45) is 0 Å². The Labute approximate surface area is 205 Å². The number of carbonyl (C=O) groups is 2. The molecule has 3 aromatic carbocycles. The predicted molar refractivity (Wildman–Crippen MR) is 139 cm³/mol. The monoisotopic (exact) mass is 463 g/mol. The van der Waals surface area contributed by atoms with Crippen LogP contribution in [0.4, 0.5) is 0 Å². The second kappa shape index (κ2) is 10.1. The fraction of sp³-hybridized carbons (Fsp3) is 0.233. The topological polar surface area (TPSA) is 71.1 Å². The highest BCUT2D eigenvalue weighted by Crippen LogP contribution is 2.30. The van der Waals surface area contributed by atoms with Crippen molar-refractivity contribution in [2.45, 2.75) is 44.2 Å². The first kappa shape index (κ1) is 22.8. The van der Waals surface area contributed by atoms with Crippen LogP contribution >= 0.6 is 0 Å². The summed E-state index contributed by atoms with van der Waals surface area (Å²) in [6.45, 7) is 0.476. The molecule has 1 aliphatic rings. The Hall–Kier alpha value is -3.99. The van der Waals surface area contributed by atoms with Crippen LogP contribution in [0.5, 0.6) is 0 Å². The minimum Gasteiger partial charge on any atom is -0.352 e. The molecule has 35 heavy (non-hydrogen) atoms. The molecule has 1 atom stereocenters.